The van der Waals surface area contributed by atoms with Crippen molar-refractivity contribution in [3.63, 3.8) is 0 Å². The van der Waals surface area contributed by atoms with Crippen LogP contribution in [0, 0.1) is 37.5 Å². The van der Waals surface area contributed by atoms with Gasteiger partial charge in [0, 0.05) is 0 Å². The van der Waals surface area contributed by atoms with Crippen molar-refractivity contribution in [2.75, 3.05) is 5.32 Å². The van der Waals surface area contributed by atoms with Gasteiger partial charge in [0.2, 0.25) is 5.91 Å². The number of aryl methyl sites for hydroxylation is 2. The first-order valence-electron chi connectivity index (χ1n) is 8.04. The Balaban J connectivity index is 1.61. The number of allylic oxidation sites excluding steroid dienone is 2. The van der Waals surface area contributed by atoms with Crippen LogP contribution in [-0.2, 0) is 9.59 Å². The molecule has 2 aliphatic rings. The van der Waals surface area contributed by atoms with E-state index in [-0.39, 0.29) is 17.7 Å². The van der Waals surface area contributed by atoms with Gasteiger partial charge in [-0.05, 0) is 49.3 Å². The highest BCUT2D eigenvalue weighted by atomic mass is 32.1. The predicted octanol–water partition coefficient (Wildman–Crippen LogP) is 3.37. The Bertz CT molecular complexity index is 886. The van der Waals surface area contributed by atoms with Crippen molar-refractivity contribution in [2.24, 2.45) is 23.7 Å². The zero-order chi connectivity index (χ0) is 17.0. The Morgan fingerprint density at radius 3 is 2.62 bits per heavy atom. The molecule has 2 unspecified atom stereocenters. The molecule has 24 heavy (non-hydrogen) atoms. The fourth-order valence-electron chi connectivity index (χ4n) is 3.98. The van der Waals surface area contributed by atoms with E-state index in [2.05, 4.69) is 10.3 Å². The predicted molar refractivity (Wildman–Crippen MR) is 93.1 cm³/mol. The molecule has 0 aliphatic heterocycles. The number of benzene rings is 1. The second-order valence-electron chi connectivity index (χ2n) is 6.70. The molecule has 6 heteroatoms. The molecule has 1 aromatic heterocycles. The average Bonchev–Trinajstić information content (AvgIpc) is 3.24. The Morgan fingerprint density at radius 2 is 1.92 bits per heavy atom. The molecule has 0 spiro atoms. The first kappa shape index (κ1) is 15.3. The minimum atomic E-state index is -0.886. The van der Waals surface area contributed by atoms with Gasteiger partial charge in [-0.15, -0.1) is 0 Å². The van der Waals surface area contributed by atoms with Crippen molar-refractivity contribution in [1.82, 2.24) is 4.98 Å². The molecule has 2 aliphatic carbocycles. The molecule has 1 saturated carbocycles. The lowest BCUT2D eigenvalue weighted by atomic mass is 9.82. The van der Waals surface area contributed by atoms with Crippen LogP contribution in [0.25, 0.3) is 10.2 Å². The van der Waals surface area contributed by atoms with Crippen LogP contribution in [0.5, 0.6) is 0 Å². The van der Waals surface area contributed by atoms with Gasteiger partial charge in [0.15, 0.2) is 5.13 Å². The summed E-state index contributed by atoms with van der Waals surface area (Å²) in [6, 6.07) is 4.05. The van der Waals surface area contributed by atoms with E-state index in [1.165, 1.54) is 11.3 Å². The molecule has 2 bridgehead atoms. The Labute approximate surface area is 143 Å². The van der Waals surface area contributed by atoms with Gasteiger partial charge >= 0.3 is 5.97 Å². The number of hydrogen-bond acceptors (Lipinski definition) is 4. The number of rotatable bonds is 3. The average molecular weight is 342 g/mol. The Hall–Kier alpha value is -2.21. The highest BCUT2D eigenvalue weighted by molar-refractivity contribution is 7.22. The third kappa shape index (κ3) is 2.24. The summed E-state index contributed by atoms with van der Waals surface area (Å²) in [4.78, 5) is 28.8. The van der Waals surface area contributed by atoms with E-state index < -0.39 is 17.8 Å². The topological polar surface area (TPSA) is 79.3 Å². The number of nitrogens with zero attached hydrogens (tertiary/aromatic N) is 1. The second-order valence-corrected chi connectivity index (χ2v) is 7.73. The number of fused-ring (bicyclic) bond motifs is 3. The van der Waals surface area contributed by atoms with Crippen molar-refractivity contribution >= 4 is 38.6 Å². The molecular formula is C18H18N2O3S. The highest BCUT2D eigenvalue weighted by Crippen LogP contribution is 2.48. The van der Waals surface area contributed by atoms with Crippen molar-refractivity contribution in [3.05, 3.63) is 35.4 Å². The molecule has 5 nitrogen and oxygen atoms in total. The maximum absolute atomic E-state index is 12.7. The van der Waals surface area contributed by atoms with Gasteiger partial charge in [-0.1, -0.05) is 29.6 Å². The standard InChI is InChI=1S/C18H18N2O3S/c1-8-3-6-12-15(9(8)2)19-18(24-12)20-16(21)13-10-4-5-11(7-10)14(13)17(22)23/h3-6,10-11,13-14H,7H2,1-2H3,(H,22,23)(H,19,20,21)/t10?,11?,13-,14+/m1/s1. The van der Waals surface area contributed by atoms with Gasteiger partial charge in [-0.3, -0.25) is 9.59 Å². The van der Waals surface area contributed by atoms with Gasteiger partial charge in [-0.2, -0.15) is 0 Å². The molecule has 4 atom stereocenters. The SMILES string of the molecule is Cc1ccc2sc(NC(=O)[C@@H]3C4C=CC(C4)[C@@H]3C(=O)O)nc2c1C. The van der Waals surface area contributed by atoms with Crippen LogP contribution in [0.2, 0.25) is 0 Å². The van der Waals surface area contributed by atoms with Gasteiger partial charge < -0.3 is 10.4 Å². The summed E-state index contributed by atoms with van der Waals surface area (Å²) in [5.74, 6) is -2.25. The fraction of sp³-hybridized carbons (Fsp3) is 0.389. The summed E-state index contributed by atoms with van der Waals surface area (Å²) in [7, 11) is 0. The molecule has 1 amide bonds. The van der Waals surface area contributed by atoms with E-state index >= 15 is 0 Å². The first-order valence-corrected chi connectivity index (χ1v) is 8.86. The summed E-state index contributed by atoms with van der Waals surface area (Å²) in [6.45, 7) is 4.05. The summed E-state index contributed by atoms with van der Waals surface area (Å²) in [5.41, 5.74) is 3.17. The van der Waals surface area contributed by atoms with Gasteiger partial charge in [0.1, 0.15) is 0 Å². The molecule has 1 heterocycles. The molecule has 2 aromatic rings. The number of carbonyl (C=O) groups is 2. The Kier molecular flexibility index (Phi) is 3.46. The van der Waals surface area contributed by atoms with E-state index in [1.54, 1.807) is 0 Å². The first-order chi connectivity index (χ1) is 11.5. The normalized spacial score (nSPS) is 27.8. The number of aromatic nitrogens is 1. The number of amides is 1. The number of hydrogen-bond donors (Lipinski definition) is 2. The fourth-order valence-corrected chi connectivity index (χ4v) is 4.91. The summed E-state index contributed by atoms with van der Waals surface area (Å²) < 4.78 is 1.02. The van der Waals surface area contributed by atoms with Gasteiger partial charge in [0.25, 0.3) is 0 Å². The highest BCUT2D eigenvalue weighted by Gasteiger charge is 2.51. The molecule has 124 valence electrons. The smallest absolute Gasteiger partial charge is 0.307 e. The van der Waals surface area contributed by atoms with E-state index in [4.69, 9.17) is 0 Å². The third-order valence-corrected chi connectivity index (χ3v) is 6.30. The maximum Gasteiger partial charge on any atom is 0.307 e. The molecule has 1 aromatic carbocycles. The third-order valence-electron chi connectivity index (χ3n) is 5.36. The lowest BCUT2D eigenvalue weighted by molar-refractivity contribution is -0.146. The largest absolute Gasteiger partial charge is 0.481 e. The zero-order valence-electron chi connectivity index (χ0n) is 13.4. The number of nitrogens with one attached hydrogen (secondary N) is 1. The van der Waals surface area contributed by atoms with Gasteiger partial charge in [0.05, 0.1) is 22.1 Å². The molecule has 0 radical (unpaired) electrons. The number of thiazole rings is 1. The lowest BCUT2D eigenvalue weighted by Gasteiger charge is -2.23. The minimum Gasteiger partial charge on any atom is -0.481 e. The number of carboxylic acid groups (broad SMARTS) is 1. The number of carbonyl (C=O) groups excluding carboxylic acids is 1. The van der Waals surface area contributed by atoms with Crippen molar-refractivity contribution in [3.8, 4) is 0 Å². The molecule has 1 fully saturated rings. The Morgan fingerprint density at radius 1 is 1.21 bits per heavy atom. The second kappa shape index (κ2) is 5.41. The van der Waals surface area contributed by atoms with Crippen LogP contribution in [0.3, 0.4) is 0 Å². The maximum atomic E-state index is 12.7. The van der Waals surface area contributed by atoms with Gasteiger partial charge in [-0.25, -0.2) is 4.98 Å². The molecular weight excluding hydrogens is 324 g/mol. The molecule has 4 rings (SSSR count). The quantitative estimate of drug-likeness (QED) is 0.838. The van der Waals surface area contributed by atoms with Crippen LogP contribution in [-0.4, -0.2) is 22.0 Å². The summed E-state index contributed by atoms with van der Waals surface area (Å²) in [5, 5.41) is 12.9. The van der Waals surface area contributed by atoms with E-state index in [0.29, 0.717) is 5.13 Å². The minimum absolute atomic E-state index is 0.0226. The van der Waals surface area contributed by atoms with Crippen LogP contribution < -0.4 is 5.32 Å². The van der Waals surface area contributed by atoms with E-state index in [1.807, 2.05) is 38.1 Å². The summed E-state index contributed by atoms with van der Waals surface area (Å²) >= 11 is 1.43. The van der Waals surface area contributed by atoms with Crippen molar-refractivity contribution < 1.29 is 14.7 Å². The van der Waals surface area contributed by atoms with Crippen molar-refractivity contribution in [2.45, 2.75) is 20.3 Å². The number of aliphatic carboxylic acids is 1. The monoisotopic (exact) mass is 342 g/mol. The molecule has 2 N–H and O–H groups in total. The van der Waals surface area contributed by atoms with E-state index in [0.717, 1.165) is 27.8 Å². The number of anilines is 1. The number of carboxylic acids is 1. The lowest BCUT2D eigenvalue weighted by Crippen LogP contribution is -2.36. The van der Waals surface area contributed by atoms with Crippen LogP contribution in [0.4, 0.5) is 5.13 Å². The van der Waals surface area contributed by atoms with Crippen LogP contribution >= 0.6 is 11.3 Å². The summed E-state index contributed by atoms with van der Waals surface area (Å²) in [6.07, 6.45) is 4.68. The van der Waals surface area contributed by atoms with E-state index in [9.17, 15) is 14.7 Å². The van der Waals surface area contributed by atoms with Crippen LogP contribution in [0.15, 0.2) is 24.3 Å². The van der Waals surface area contributed by atoms with Crippen LogP contribution in [0.1, 0.15) is 17.5 Å². The zero-order valence-corrected chi connectivity index (χ0v) is 14.3. The molecule has 0 saturated heterocycles. The van der Waals surface area contributed by atoms with Crippen molar-refractivity contribution in [1.29, 1.82) is 0 Å².